The first-order valence-electron chi connectivity index (χ1n) is 21.5. The molecule has 6 aromatic rings. The van der Waals surface area contributed by atoms with Crippen LogP contribution in [-0.2, 0) is 66.3 Å². The minimum Gasteiger partial charge on any atom is -0.396 e. The van der Waals surface area contributed by atoms with Gasteiger partial charge in [0.15, 0.2) is 40.6 Å². The van der Waals surface area contributed by atoms with E-state index in [0.29, 0.717) is 16.6 Å². The zero-order valence-corrected chi connectivity index (χ0v) is 40.9. The number of H-pyrrole nitrogens is 3. The van der Waals surface area contributed by atoms with E-state index in [9.17, 15) is 43.1 Å². The number of fused-ring (bicyclic) bond motifs is 3. The molecule has 73 heavy (non-hydrogen) atoms. The van der Waals surface area contributed by atoms with E-state index in [4.69, 9.17) is 68.4 Å². The maximum Gasteiger partial charge on any atom is 0.472 e. The molecule has 12 atom stereocenters. The summed E-state index contributed by atoms with van der Waals surface area (Å²) in [6, 6.07) is -1.27. The van der Waals surface area contributed by atoms with E-state index in [1.165, 1.54) is 36.0 Å². The summed E-state index contributed by atoms with van der Waals surface area (Å²) >= 11 is 0. The van der Waals surface area contributed by atoms with Crippen molar-refractivity contribution in [2.24, 2.45) is 0 Å². The number of methoxy groups -OCH3 is 2. The van der Waals surface area contributed by atoms with Gasteiger partial charge < -0.3 is 71.3 Å². The van der Waals surface area contributed by atoms with Crippen LogP contribution in [0.5, 0.6) is 0 Å². The van der Waals surface area contributed by atoms with Crippen LogP contribution in [0.4, 0.5) is 17.7 Å². The largest absolute Gasteiger partial charge is 0.472 e. The van der Waals surface area contributed by atoms with E-state index >= 15 is 0 Å². The molecule has 6 aromatic heterocycles. The van der Waals surface area contributed by atoms with Crippen molar-refractivity contribution in [3.8, 4) is 0 Å². The molecule has 8 rings (SSSR count). The number of hydrogen-bond donors (Lipinski definition) is 12. The molecule has 0 bridgehead atoms. The van der Waals surface area contributed by atoms with E-state index in [-0.39, 0.29) is 59.6 Å². The summed E-state index contributed by atoms with van der Waals surface area (Å²) in [4.78, 5) is 89.9. The highest BCUT2D eigenvalue weighted by Gasteiger charge is 2.52. The number of imidazole rings is 2. The number of hydrogen-bond acceptors (Lipinski definition) is 27. The van der Waals surface area contributed by atoms with Crippen molar-refractivity contribution < 1.29 is 84.7 Å². The van der Waals surface area contributed by atoms with Crippen LogP contribution in [0.2, 0.25) is 0 Å². The molecule has 0 saturated carbocycles. The number of nitrogens with one attached hydrogen (secondary N) is 4. The Kier molecular flexibility index (Phi) is 16.5. The molecule has 38 heteroatoms. The molecule has 15 N–H and O–H groups in total. The van der Waals surface area contributed by atoms with Crippen molar-refractivity contribution in [2.45, 2.75) is 68.1 Å². The van der Waals surface area contributed by atoms with Gasteiger partial charge in [-0.25, -0.2) is 33.6 Å². The second-order valence-corrected chi connectivity index (χ2v) is 20.2. The minimum absolute atomic E-state index is 0.0359. The lowest BCUT2D eigenvalue weighted by Gasteiger charge is -2.26. The zero-order valence-electron chi connectivity index (χ0n) is 38.2. The Balaban J connectivity index is 0.986. The number of phosphoric acid groups is 3. The predicted octanol–water partition coefficient (Wildman–Crippen LogP) is -2.23. The first-order chi connectivity index (χ1) is 34.8. The van der Waals surface area contributed by atoms with Crippen molar-refractivity contribution in [3.63, 3.8) is 0 Å². The summed E-state index contributed by atoms with van der Waals surface area (Å²) in [5, 5.41) is 22.4. The van der Waals surface area contributed by atoms with Gasteiger partial charge in [0.05, 0.1) is 57.2 Å². The van der Waals surface area contributed by atoms with Crippen molar-refractivity contribution >= 4 is 74.5 Å². The Morgan fingerprint density at radius 3 is 1.85 bits per heavy atom. The van der Waals surface area contributed by atoms with Gasteiger partial charge in [-0.1, -0.05) is 0 Å². The van der Waals surface area contributed by atoms with Crippen LogP contribution in [0.15, 0.2) is 34.8 Å². The third-order valence-corrected chi connectivity index (χ3v) is 14.2. The zero-order chi connectivity index (χ0) is 52.4. The number of aliphatic hydroxyl groups is 2. The molecular formula is C35H50N15O20P3. The molecule has 0 radical (unpaired) electrons. The molecule has 0 amide bonds. The topological polar surface area (TPSA) is 503 Å². The van der Waals surface area contributed by atoms with Crippen LogP contribution < -0.4 is 33.6 Å². The van der Waals surface area contributed by atoms with Crippen LogP contribution in [-0.4, -0.2) is 175 Å². The summed E-state index contributed by atoms with van der Waals surface area (Å²) in [5.41, 5.74) is 17.0. The molecule has 2 aliphatic heterocycles. The molecule has 2 saturated heterocycles. The van der Waals surface area contributed by atoms with Gasteiger partial charge in [-0.15, -0.1) is 0 Å². The number of aromatic nitrogens is 11. The number of aromatic amines is 3. The van der Waals surface area contributed by atoms with Gasteiger partial charge >= 0.3 is 23.5 Å². The van der Waals surface area contributed by atoms with E-state index in [1.54, 1.807) is 6.20 Å². The molecule has 8 heterocycles. The second kappa shape index (κ2) is 22.3. The Hall–Kier alpha value is -5.23. The van der Waals surface area contributed by atoms with E-state index in [2.05, 4.69) is 50.2 Å². The molecule has 2 aliphatic rings. The number of phosphoric ester groups is 3. The van der Waals surface area contributed by atoms with Gasteiger partial charge in [0.1, 0.15) is 48.5 Å². The van der Waals surface area contributed by atoms with Crippen LogP contribution in [0.3, 0.4) is 0 Å². The van der Waals surface area contributed by atoms with Crippen molar-refractivity contribution in [3.05, 3.63) is 51.4 Å². The second-order valence-electron chi connectivity index (χ2n) is 16.0. The lowest BCUT2D eigenvalue weighted by molar-refractivity contribution is -0.0586. The van der Waals surface area contributed by atoms with Gasteiger partial charge in [-0.3, -0.25) is 55.8 Å². The Morgan fingerprint density at radius 1 is 0.740 bits per heavy atom. The lowest BCUT2D eigenvalue weighted by Crippen LogP contribution is -2.39. The average Bonchev–Trinajstić information content (AvgIpc) is 4.17. The molecule has 0 spiro atoms. The van der Waals surface area contributed by atoms with Crippen LogP contribution in [0.1, 0.15) is 24.4 Å². The SMILES string of the molecule is CO[C@H]1C(OP(=O)(O)OCC(COP(=O)(O)OC[C@H]2O[C@@H](n3cnc4c(=O)[nH]c(N)nc43)[C@@H](OC)C2OP(=O)(O)OCCCO)NCc2c[nH]c3c(N)ncnc23)[C@@H](CO)O[C@H]1n1cnc2c(=O)[nH]c(N)nc21. The molecule has 35 nitrogen and oxygen atoms in total. The number of nitrogens with two attached hydrogens (primary N) is 3. The maximum atomic E-state index is 13.7. The third-order valence-electron chi connectivity index (χ3n) is 11.2. The smallest absolute Gasteiger partial charge is 0.396 e. The molecule has 2 fully saturated rings. The predicted molar refractivity (Wildman–Crippen MR) is 245 cm³/mol. The molecule has 400 valence electrons. The Bertz CT molecular complexity index is 3170. The molecule has 0 aromatic carbocycles. The quantitative estimate of drug-likeness (QED) is 0.0213. The number of aliphatic hydroxyl groups excluding tert-OH is 2. The number of anilines is 3. The fourth-order valence-corrected chi connectivity index (χ4v) is 10.7. The fourth-order valence-electron chi connectivity index (χ4n) is 7.91. The lowest BCUT2D eigenvalue weighted by atomic mass is 10.1. The van der Waals surface area contributed by atoms with Crippen molar-refractivity contribution in [2.75, 3.05) is 71.1 Å². The van der Waals surface area contributed by atoms with Crippen LogP contribution in [0, 0.1) is 0 Å². The summed E-state index contributed by atoms with van der Waals surface area (Å²) in [6.45, 7) is -4.15. The highest BCUT2D eigenvalue weighted by molar-refractivity contribution is 7.48. The summed E-state index contributed by atoms with van der Waals surface area (Å²) < 4.78 is 98.2. The molecule has 0 aliphatic carbocycles. The minimum atomic E-state index is -5.22. The van der Waals surface area contributed by atoms with E-state index < -0.39 is 123 Å². The number of nitrogen functional groups attached to an aromatic ring is 3. The normalized spacial score (nSPS) is 25.4. The van der Waals surface area contributed by atoms with Crippen molar-refractivity contribution in [1.82, 2.24) is 59.3 Å². The standard InChI is InChI=1S/C35H50N15O20P3/c1-61-25-23(17(8-52)67-32(25)49-13-43-21-28(49)45-34(37)47-30(21)53)69-73(59,60)65-10-16(39-6-15-7-40-20-19(15)41-12-42-27(20)36)9-64-71(55,56)66-11-18-24(70-72(57,58)63-5-3-4-51)26(62-2)33(68-18)50-14-44-22-29(50)46-35(38)48-31(22)54/h7,12-14,16-18,23-26,32-33,39-40,51-52H,3-6,8-11H2,1-2H3,(H,55,56)(H,57,58)(H,59,60)(H2,36,41,42)(H3,37,45,47,53)(H3,38,46,48,54)/t16?,17-,18-,23?,24?,25+,26+,32-,33-/m1/s1. The summed E-state index contributed by atoms with van der Waals surface area (Å²) in [6.07, 6.45) is -6.20. The summed E-state index contributed by atoms with van der Waals surface area (Å²) in [5.74, 6) is -0.408. The first kappa shape index (κ1) is 54.0. The van der Waals surface area contributed by atoms with E-state index in [0.717, 1.165) is 6.33 Å². The van der Waals surface area contributed by atoms with Gasteiger partial charge in [-0.05, 0) is 6.42 Å². The van der Waals surface area contributed by atoms with Gasteiger partial charge in [0, 0.05) is 39.1 Å². The highest BCUT2D eigenvalue weighted by Crippen LogP contribution is 2.52. The number of rotatable bonds is 25. The van der Waals surface area contributed by atoms with E-state index in [1.807, 2.05) is 0 Å². The Labute approximate surface area is 408 Å². The van der Waals surface area contributed by atoms with Crippen molar-refractivity contribution in [1.29, 1.82) is 0 Å². The van der Waals surface area contributed by atoms with Gasteiger partial charge in [0.2, 0.25) is 11.9 Å². The third kappa shape index (κ3) is 12.0. The number of ether oxygens (including phenoxy) is 4. The number of nitrogens with zero attached hydrogens (tertiary/aromatic N) is 8. The molecule has 6 unspecified atom stereocenters. The van der Waals surface area contributed by atoms with Gasteiger partial charge in [-0.2, -0.15) is 9.97 Å². The monoisotopic (exact) mass is 1090 g/mol. The first-order valence-corrected chi connectivity index (χ1v) is 26.0. The van der Waals surface area contributed by atoms with Gasteiger partial charge in [0.25, 0.3) is 11.1 Å². The van der Waals surface area contributed by atoms with Crippen LogP contribution in [0.25, 0.3) is 33.4 Å². The fraction of sp³-hybridized carbons (Fsp3) is 0.543. The Morgan fingerprint density at radius 2 is 1.29 bits per heavy atom. The maximum absolute atomic E-state index is 13.7. The van der Waals surface area contributed by atoms with Crippen LogP contribution >= 0.6 is 23.5 Å². The average molecular weight is 1090 g/mol. The summed E-state index contributed by atoms with van der Waals surface area (Å²) in [7, 11) is -13.0. The highest BCUT2D eigenvalue weighted by atomic mass is 31.2. The molecular weight excluding hydrogens is 1040 g/mol.